The van der Waals surface area contributed by atoms with Crippen molar-refractivity contribution in [1.29, 1.82) is 0 Å². The van der Waals surface area contributed by atoms with Crippen LogP contribution < -0.4 is 5.32 Å². The normalized spacial score (nSPS) is 11.9. The van der Waals surface area contributed by atoms with Crippen LogP contribution in [0.5, 0.6) is 0 Å². The fourth-order valence-electron chi connectivity index (χ4n) is 1.96. The zero-order valence-electron chi connectivity index (χ0n) is 13.6. The van der Waals surface area contributed by atoms with Crippen molar-refractivity contribution < 1.29 is 17.6 Å². The number of hydrogen-bond donors (Lipinski definition) is 1. The Morgan fingerprint density at radius 1 is 1.33 bits per heavy atom. The summed E-state index contributed by atoms with van der Waals surface area (Å²) in [6, 6.07) is 7.31. The fraction of sp³-hybridized carbons (Fsp3) is 0.312. The molecule has 24 heavy (non-hydrogen) atoms. The summed E-state index contributed by atoms with van der Waals surface area (Å²) in [7, 11) is -2.20. The maximum Gasteiger partial charge on any atom is 0.253 e. The van der Waals surface area contributed by atoms with Crippen molar-refractivity contribution in [3.8, 4) is 0 Å². The van der Waals surface area contributed by atoms with Gasteiger partial charge in [0.15, 0.2) is 0 Å². The Morgan fingerprint density at radius 2 is 2.04 bits per heavy atom. The van der Waals surface area contributed by atoms with Crippen molar-refractivity contribution in [3.05, 3.63) is 52.9 Å². The van der Waals surface area contributed by atoms with Crippen LogP contribution in [0.2, 0.25) is 5.02 Å². The second kappa shape index (κ2) is 7.38. The average molecular weight is 371 g/mol. The van der Waals surface area contributed by atoms with Crippen molar-refractivity contribution in [2.45, 2.75) is 31.3 Å². The standard InChI is InChI=1S/C16H19ClN2O4S/c1-11(2)19(3)24(21,22)13-6-7-15(17)14(9-13)16(20)18-10-12-5-4-8-23-12/h4-9,11H,10H2,1-3H3,(H,18,20). The van der Waals surface area contributed by atoms with Crippen LogP contribution in [-0.4, -0.2) is 31.7 Å². The molecule has 1 N–H and O–H groups in total. The summed E-state index contributed by atoms with van der Waals surface area (Å²) in [5.41, 5.74) is 0.0986. The van der Waals surface area contributed by atoms with Crippen LogP contribution in [0.1, 0.15) is 30.0 Å². The van der Waals surface area contributed by atoms with Crippen LogP contribution in [0.3, 0.4) is 0 Å². The quantitative estimate of drug-likeness (QED) is 0.847. The summed E-state index contributed by atoms with van der Waals surface area (Å²) in [6.45, 7) is 3.72. The minimum atomic E-state index is -3.69. The molecule has 0 unspecified atom stereocenters. The molecule has 0 fully saturated rings. The Balaban J connectivity index is 2.26. The third-order valence-electron chi connectivity index (χ3n) is 3.59. The van der Waals surface area contributed by atoms with Gasteiger partial charge >= 0.3 is 0 Å². The van der Waals surface area contributed by atoms with E-state index in [0.29, 0.717) is 5.76 Å². The highest BCUT2D eigenvalue weighted by atomic mass is 35.5. The summed E-state index contributed by atoms with van der Waals surface area (Å²) in [5, 5.41) is 2.83. The molecule has 0 bridgehead atoms. The van der Waals surface area contributed by atoms with Gasteiger partial charge in [-0.2, -0.15) is 4.31 Å². The molecule has 0 saturated heterocycles. The van der Waals surface area contributed by atoms with E-state index in [-0.39, 0.29) is 28.1 Å². The molecule has 6 nitrogen and oxygen atoms in total. The van der Waals surface area contributed by atoms with E-state index in [1.807, 2.05) is 0 Å². The highest BCUT2D eigenvalue weighted by Gasteiger charge is 2.25. The van der Waals surface area contributed by atoms with Crippen LogP contribution in [0.15, 0.2) is 45.9 Å². The van der Waals surface area contributed by atoms with Gasteiger partial charge in [-0.05, 0) is 44.2 Å². The maximum absolute atomic E-state index is 12.5. The number of benzene rings is 1. The third-order valence-corrected chi connectivity index (χ3v) is 5.95. The minimum Gasteiger partial charge on any atom is -0.467 e. The molecule has 0 spiro atoms. The molecule has 2 aromatic rings. The monoisotopic (exact) mass is 370 g/mol. The van der Waals surface area contributed by atoms with Crippen LogP contribution >= 0.6 is 11.6 Å². The van der Waals surface area contributed by atoms with Gasteiger partial charge < -0.3 is 9.73 Å². The van der Waals surface area contributed by atoms with Gasteiger partial charge in [0.25, 0.3) is 5.91 Å². The summed E-state index contributed by atoms with van der Waals surface area (Å²) < 4.78 is 31.5. The van der Waals surface area contributed by atoms with E-state index in [4.69, 9.17) is 16.0 Å². The number of carbonyl (C=O) groups is 1. The largest absolute Gasteiger partial charge is 0.467 e. The smallest absolute Gasteiger partial charge is 0.253 e. The molecule has 0 aliphatic heterocycles. The van der Waals surface area contributed by atoms with E-state index < -0.39 is 15.9 Å². The average Bonchev–Trinajstić information content (AvgIpc) is 3.05. The Labute approximate surface area is 146 Å². The topological polar surface area (TPSA) is 79.6 Å². The Hall–Kier alpha value is -1.83. The molecule has 0 saturated carbocycles. The predicted molar refractivity (Wildman–Crippen MR) is 91.4 cm³/mol. The summed E-state index contributed by atoms with van der Waals surface area (Å²) in [6.07, 6.45) is 1.50. The summed E-state index contributed by atoms with van der Waals surface area (Å²) >= 11 is 6.05. The van der Waals surface area contributed by atoms with Gasteiger partial charge in [-0.3, -0.25) is 4.79 Å². The van der Waals surface area contributed by atoms with Gasteiger partial charge in [0.2, 0.25) is 10.0 Å². The van der Waals surface area contributed by atoms with E-state index >= 15 is 0 Å². The fourth-order valence-corrected chi connectivity index (χ4v) is 3.56. The molecule has 0 aliphatic rings. The van der Waals surface area contributed by atoms with E-state index in [9.17, 15) is 13.2 Å². The highest BCUT2D eigenvalue weighted by Crippen LogP contribution is 2.23. The zero-order valence-corrected chi connectivity index (χ0v) is 15.2. The van der Waals surface area contributed by atoms with E-state index in [2.05, 4.69) is 5.32 Å². The van der Waals surface area contributed by atoms with E-state index in [1.54, 1.807) is 26.0 Å². The first-order valence-corrected chi connectivity index (χ1v) is 9.13. The van der Waals surface area contributed by atoms with Gasteiger partial charge in [0, 0.05) is 13.1 Å². The molecule has 1 aromatic carbocycles. The number of amides is 1. The maximum atomic E-state index is 12.5. The molecular weight excluding hydrogens is 352 g/mol. The second-order valence-electron chi connectivity index (χ2n) is 5.52. The van der Waals surface area contributed by atoms with Crippen molar-refractivity contribution >= 4 is 27.5 Å². The predicted octanol–water partition coefficient (Wildman–Crippen LogP) is 2.89. The number of rotatable bonds is 6. The number of sulfonamides is 1. The van der Waals surface area contributed by atoms with Gasteiger partial charge in [0.1, 0.15) is 5.76 Å². The van der Waals surface area contributed by atoms with Crippen molar-refractivity contribution in [1.82, 2.24) is 9.62 Å². The Morgan fingerprint density at radius 3 is 2.62 bits per heavy atom. The lowest BCUT2D eigenvalue weighted by molar-refractivity contribution is 0.0948. The van der Waals surface area contributed by atoms with Crippen LogP contribution in [0.4, 0.5) is 0 Å². The number of halogens is 1. The zero-order chi connectivity index (χ0) is 17.9. The van der Waals surface area contributed by atoms with Crippen molar-refractivity contribution in [2.24, 2.45) is 0 Å². The number of hydrogen-bond acceptors (Lipinski definition) is 4. The molecule has 1 amide bonds. The van der Waals surface area contributed by atoms with Crippen LogP contribution in [0, 0.1) is 0 Å². The summed E-state index contributed by atoms with van der Waals surface area (Å²) in [4.78, 5) is 12.3. The first-order valence-electron chi connectivity index (χ1n) is 7.31. The molecule has 8 heteroatoms. The molecule has 0 atom stereocenters. The number of nitrogens with one attached hydrogen (secondary N) is 1. The molecule has 1 aromatic heterocycles. The summed E-state index contributed by atoms with van der Waals surface area (Å²) in [5.74, 6) is 0.114. The lowest BCUT2D eigenvalue weighted by Gasteiger charge is -2.21. The van der Waals surface area contributed by atoms with E-state index in [0.717, 1.165) is 0 Å². The van der Waals surface area contributed by atoms with Gasteiger partial charge in [-0.25, -0.2) is 8.42 Å². The number of carbonyl (C=O) groups excluding carboxylic acids is 1. The molecule has 1 heterocycles. The van der Waals surface area contributed by atoms with Gasteiger partial charge in [0.05, 0.1) is 28.3 Å². The SMILES string of the molecule is CC(C)N(C)S(=O)(=O)c1ccc(Cl)c(C(=O)NCc2ccco2)c1. The first-order chi connectivity index (χ1) is 11.2. The van der Waals surface area contributed by atoms with Crippen LogP contribution in [-0.2, 0) is 16.6 Å². The van der Waals surface area contributed by atoms with Gasteiger partial charge in [-0.1, -0.05) is 11.6 Å². The molecule has 130 valence electrons. The third kappa shape index (κ3) is 3.98. The Kier molecular flexibility index (Phi) is 5.69. The molecule has 0 aliphatic carbocycles. The second-order valence-corrected chi connectivity index (χ2v) is 7.92. The molecular formula is C16H19ClN2O4S. The molecule has 2 rings (SSSR count). The number of furan rings is 1. The lowest BCUT2D eigenvalue weighted by Crippen LogP contribution is -2.33. The first kappa shape index (κ1) is 18.5. The van der Waals surface area contributed by atoms with Gasteiger partial charge in [-0.15, -0.1) is 0 Å². The van der Waals surface area contributed by atoms with Crippen molar-refractivity contribution in [3.63, 3.8) is 0 Å². The number of nitrogens with zero attached hydrogens (tertiary/aromatic N) is 1. The van der Waals surface area contributed by atoms with Crippen molar-refractivity contribution in [2.75, 3.05) is 7.05 Å². The Bertz CT molecular complexity index is 817. The highest BCUT2D eigenvalue weighted by molar-refractivity contribution is 7.89. The minimum absolute atomic E-state index is 0.0197. The van der Waals surface area contributed by atoms with Crippen LogP contribution in [0.25, 0.3) is 0 Å². The van der Waals surface area contributed by atoms with E-state index in [1.165, 1.54) is 35.8 Å². The molecule has 0 radical (unpaired) electrons. The lowest BCUT2D eigenvalue weighted by atomic mass is 10.2.